The molecule has 92 valence electrons. The molecule has 1 rings (SSSR count). The topological polar surface area (TPSA) is 33.0 Å². The third kappa shape index (κ3) is 3.17. The van der Waals surface area contributed by atoms with Crippen LogP contribution in [-0.4, -0.2) is 6.61 Å². The molecule has 0 saturated heterocycles. The molecule has 0 heterocycles. The van der Waals surface area contributed by atoms with Crippen molar-refractivity contribution < 1.29 is 22.3 Å². The van der Waals surface area contributed by atoms with Gasteiger partial charge in [-0.3, -0.25) is 0 Å². The van der Waals surface area contributed by atoms with E-state index in [1.807, 2.05) is 0 Å². The fourth-order valence-electron chi connectivity index (χ4n) is 1.37. The standard InChI is InChI=1S/C11H9F4NO/c1-2-17-10(6-16)8-4-3-7(12)5-9(8)11(13,14)15/h3-5,10H,2H2,1H3/t10-/m0/s1. The van der Waals surface area contributed by atoms with Gasteiger partial charge >= 0.3 is 6.18 Å². The van der Waals surface area contributed by atoms with Gasteiger partial charge in [-0.25, -0.2) is 4.39 Å². The van der Waals surface area contributed by atoms with Gasteiger partial charge in [0, 0.05) is 12.2 Å². The molecule has 0 unspecified atom stereocenters. The smallest absolute Gasteiger partial charge is 0.359 e. The molecule has 0 fully saturated rings. The molecular formula is C11H9F4NO. The zero-order valence-electron chi connectivity index (χ0n) is 8.88. The minimum atomic E-state index is -4.72. The van der Waals surface area contributed by atoms with E-state index in [2.05, 4.69) is 0 Å². The van der Waals surface area contributed by atoms with Crippen LogP contribution in [0.1, 0.15) is 24.2 Å². The number of hydrogen-bond donors (Lipinski definition) is 0. The summed E-state index contributed by atoms with van der Waals surface area (Å²) < 4.78 is 55.6. The summed E-state index contributed by atoms with van der Waals surface area (Å²) in [5, 5.41) is 8.73. The van der Waals surface area contributed by atoms with Crippen LogP contribution in [0.5, 0.6) is 0 Å². The summed E-state index contributed by atoms with van der Waals surface area (Å²) in [6, 6.07) is 3.75. The first-order chi connectivity index (χ1) is 7.90. The summed E-state index contributed by atoms with van der Waals surface area (Å²) in [6.45, 7) is 1.65. The van der Waals surface area contributed by atoms with Crippen LogP contribution in [0.3, 0.4) is 0 Å². The largest absolute Gasteiger partial charge is 0.416 e. The lowest BCUT2D eigenvalue weighted by Gasteiger charge is -2.16. The highest BCUT2D eigenvalue weighted by Gasteiger charge is 2.36. The molecule has 0 aromatic heterocycles. The first kappa shape index (κ1) is 13.5. The van der Waals surface area contributed by atoms with Crippen LogP contribution in [-0.2, 0) is 10.9 Å². The molecular weight excluding hydrogens is 238 g/mol. The van der Waals surface area contributed by atoms with Gasteiger partial charge in [-0.1, -0.05) is 6.07 Å². The number of rotatable bonds is 3. The maximum Gasteiger partial charge on any atom is 0.416 e. The Morgan fingerprint density at radius 1 is 1.41 bits per heavy atom. The normalized spacial score (nSPS) is 13.2. The van der Waals surface area contributed by atoms with Gasteiger partial charge in [0.1, 0.15) is 5.82 Å². The van der Waals surface area contributed by atoms with Gasteiger partial charge in [0.15, 0.2) is 6.10 Å². The minimum Gasteiger partial charge on any atom is -0.359 e. The van der Waals surface area contributed by atoms with Crippen LogP contribution < -0.4 is 0 Å². The van der Waals surface area contributed by atoms with Gasteiger partial charge in [0.25, 0.3) is 0 Å². The lowest BCUT2D eigenvalue weighted by Crippen LogP contribution is -2.13. The number of benzene rings is 1. The second-order valence-electron chi connectivity index (χ2n) is 3.19. The first-order valence-corrected chi connectivity index (χ1v) is 4.78. The molecule has 1 atom stereocenters. The highest BCUT2D eigenvalue weighted by molar-refractivity contribution is 5.34. The SMILES string of the molecule is CCO[C@@H](C#N)c1ccc(F)cc1C(F)(F)F. The summed E-state index contributed by atoms with van der Waals surface area (Å²) in [6.07, 6.45) is -6.07. The molecule has 0 bridgehead atoms. The van der Waals surface area contributed by atoms with Crippen molar-refractivity contribution >= 4 is 0 Å². The Bertz CT molecular complexity index is 436. The molecule has 0 aliphatic heterocycles. The number of ether oxygens (including phenoxy) is 1. The minimum absolute atomic E-state index is 0.0902. The quantitative estimate of drug-likeness (QED) is 0.766. The van der Waals surface area contributed by atoms with E-state index in [0.717, 1.165) is 12.1 Å². The second kappa shape index (κ2) is 5.15. The van der Waals surface area contributed by atoms with Crippen molar-refractivity contribution in [3.05, 3.63) is 35.1 Å². The van der Waals surface area contributed by atoms with E-state index in [-0.39, 0.29) is 12.2 Å². The van der Waals surface area contributed by atoms with E-state index in [0.29, 0.717) is 6.07 Å². The number of alkyl halides is 3. The summed E-state index contributed by atoms with van der Waals surface area (Å²) in [5.74, 6) is -1.01. The molecule has 0 radical (unpaired) electrons. The van der Waals surface area contributed by atoms with E-state index in [4.69, 9.17) is 10.00 Å². The van der Waals surface area contributed by atoms with Crippen molar-refractivity contribution in [2.75, 3.05) is 6.61 Å². The first-order valence-electron chi connectivity index (χ1n) is 4.78. The molecule has 17 heavy (non-hydrogen) atoms. The monoisotopic (exact) mass is 247 g/mol. The predicted molar refractivity (Wildman–Crippen MR) is 51.4 cm³/mol. The van der Waals surface area contributed by atoms with Gasteiger partial charge in [-0.15, -0.1) is 0 Å². The van der Waals surface area contributed by atoms with Crippen molar-refractivity contribution in [2.24, 2.45) is 0 Å². The Hall–Kier alpha value is -1.61. The van der Waals surface area contributed by atoms with Crippen molar-refractivity contribution in [3.8, 4) is 6.07 Å². The Morgan fingerprint density at radius 3 is 2.53 bits per heavy atom. The second-order valence-corrected chi connectivity index (χ2v) is 3.19. The van der Waals surface area contributed by atoms with Crippen molar-refractivity contribution in [1.82, 2.24) is 0 Å². The molecule has 0 N–H and O–H groups in total. The maximum atomic E-state index is 12.8. The van der Waals surface area contributed by atoms with E-state index in [1.165, 1.54) is 0 Å². The number of nitrogens with zero attached hydrogens (tertiary/aromatic N) is 1. The fraction of sp³-hybridized carbons (Fsp3) is 0.364. The lowest BCUT2D eigenvalue weighted by atomic mass is 10.0. The Balaban J connectivity index is 3.28. The molecule has 6 heteroatoms. The highest BCUT2D eigenvalue weighted by atomic mass is 19.4. The van der Waals surface area contributed by atoms with Gasteiger partial charge in [-0.2, -0.15) is 18.4 Å². The predicted octanol–water partition coefficient (Wildman–Crippen LogP) is 3.45. The molecule has 0 amide bonds. The number of hydrogen-bond acceptors (Lipinski definition) is 2. The lowest BCUT2D eigenvalue weighted by molar-refractivity contribution is -0.139. The van der Waals surface area contributed by atoms with Crippen molar-refractivity contribution in [3.63, 3.8) is 0 Å². The molecule has 0 spiro atoms. The van der Waals surface area contributed by atoms with Gasteiger partial charge < -0.3 is 4.74 Å². The Labute approximate surface area is 95.4 Å². The van der Waals surface area contributed by atoms with Gasteiger partial charge in [0.2, 0.25) is 0 Å². The molecule has 0 saturated carbocycles. The summed E-state index contributed by atoms with van der Waals surface area (Å²) in [5.41, 5.74) is -1.55. The van der Waals surface area contributed by atoms with Crippen LogP contribution in [0.4, 0.5) is 17.6 Å². The average Bonchev–Trinajstić information content (AvgIpc) is 2.25. The van der Waals surface area contributed by atoms with Crippen molar-refractivity contribution in [1.29, 1.82) is 5.26 Å². The highest BCUT2D eigenvalue weighted by Crippen LogP contribution is 2.35. The summed E-state index contributed by atoms with van der Waals surface area (Å²) in [4.78, 5) is 0. The number of nitriles is 1. The van der Waals surface area contributed by atoms with E-state index >= 15 is 0 Å². The molecule has 1 aromatic rings. The van der Waals surface area contributed by atoms with Crippen LogP contribution in [0.25, 0.3) is 0 Å². The average molecular weight is 247 g/mol. The van der Waals surface area contributed by atoms with Gasteiger partial charge in [0.05, 0.1) is 11.6 Å². The van der Waals surface area contributed by atoms with Crippen LogP contribution in [0, 0.1) is 17.1 Å². The van der Waals surface area contributed by atoms with E-state index < -0.39 is 23.7 Å². The van der Waals surface area contributed by atoms with Crippen LogP contribution in [0.15, 0.2) is 18.2 Å². The molecule has 2 nitrogen and oxygen atoms in total. The van der Waals surface area contributed by atoms with Crippen molar-refractivity contribution in [2.45, 2.75) is 19.2 Å². The van der Waals surface area contributed by atoms with Crippen LogP contribution in [0.2, 0.25) is 0 Å². The Morgan fingerprint density at radius 2 is 2.06 bits per heavy atom. The molecule has 0 aliphatic carbocycles. The zero-order chi connectivity index (χ0) is 13.1. The van der Waals surface area contributed by atoms with E-state index in [1.54, 1.807) is 13.0 Å². The third-order valence-corrected chi connectivity index (χ3v) is 2.05. The zero-order valence-corrected chi connectivity index (χ0v) is 8.88. The molecule has 1 aromatic carbocycles. The number of halogens is 4. The maximum absolute atomic E-state index is 12.8. The molecule has 0 aliphatic rings. The summed E-state index contributed by atoms with van der Waals surface area (Å²) >= 11 is 0. The van der Waals surface area contributed by atoms with Crippen LogP contribution >= 0.6 is 0 Å². The summed E-state index contributed by atoms with van der Waals surface area (Å²) in [7, 11) is 0. The fourth-order valence-corrected chi connectivity index (χ4v) is 1.37. The van der Waals surface area contributed by atoms with Gasteiger partial charge in [-0.05, 0) is 19.1 Å². The van der Waals surface area contributed by atoms with E-state index in [9.17, 15) is 17.6 Å². The Kier molecular flexibility index (Phi) is 4.07. The third-order valence-electron chi connectivity index (χ3n) is 2.05.